The molecule has 0 saturated carbocycles. The van der Waals surface area contributed by atoms with Gasteiger partial charge in [-0.2, -0.15) is 0 Å². The topological polar surface area (TPSA) is 9.86 Å². The van der Waals surface area contributed by atoms with Gasteiger partial charge in [-0.25, -0.2) is 0 Å². The summed E-state index contributed by atoms with van der Waals surface area (Å²) in [4.78, 5) is 0. The summed E-state index contributed by atoms with van der Waals surface area (Å²) in [5.41, 5.74) is 17.5. The average Bonchev–Trinajstić information content (AvgIpc) is 3.86. The molecule has 2 heteroatoms. The summed E-state index contributed by atoms with van der Waals surface area (Å²) < 4.78 is 4.94. The summed E-state index contributed by atoms with van der Waals surface area (Å²) in [7, 11) is 0. The predicted octanol–water partition coefficient (Wildman–Crippen LogP) is 14.7. The number of rotatable bonds is 4. The van der Waals surface area contributed by atoms with Gasteiger partial charge in [0.15, 0.2) is 0 Å². The van der Waals surface area contributed by atoms with Crippen LogP contribution in [-0.2, 0) is 5.41 Å². The van der Waals surface area contributed by atoms with Gasteiger partial charge < -0.3 is 9.13 Å². The van der Waals surface area contributed by atoms with Gasteiger partial charge in [0.25, 0.3) is 0 Å². The highest BCUT2D eigenvalue weighted by Crippen LogP contribution is 2.53. The highest BCUT2D eigenvalue weighted by atomic mass is 15.0. The molecule has 0 spiro atoms. The maximum absolute atomic E-state index is 2.53. The highest BCUT2D eigenvalue weighted by Gasteiger charge is 2.37. The molecular formula is C55H38N2. The zero-order chi connectivity index (χ0) is 37.8. The lowest BCUT2D eigenvalue weighted by Gasteiger charge is -2.21. The van der Waals surface area contributed by atoms with Crippen molar-refractivity contribution in [2.75, 3.05) is 0 Å². The molecule has 0 amide bonds. The van der Waals surface area contributed by atoms with Crippen LogP contribution < -0.4 is 0 Å². The third-order valence-electron chi connectivity index (χ3n) is 12.7. The molecule has 0 radical (unpaired) electrons. The van der Waals surface area contributed by atoms with Crippen LogP contribution in [0.1, 0.15) is 25.0 Å². The summed E-state index contributed by atoms with van der Waals surface area (Å²) in [6, 6.07) is 71.9. The number of hydrogen-bond donors (Lipinski definition) is 0. The Morgan fingerprint density at radius 3 is 1.82 bits per heavy atom. The lowest BCUT2D eigenvalue weighted by atomic mass is 9.82. The van der Waals surface area contributed by atoms with Crippen LogP contribution in [0.25, 0.3) is 99.1 Å². The van der Waals surface area contributed by atoms with Gasteiger partial charge in [0.05, 0.1) is 22.1 Å². The van der Waals surface area contributed by atoms with E-state index < -0.39 is 0 Å². The molecule has 2 aromatic heterocycles. The molecule has 12 rings (SSSR count). The zero-order valence-corrected chi connectivity index (χ0v) is 31.9. The van der Waals surface area contributed by atoms with E-state index in [0.717, 1.165) is 5.69 Å². The Morgan fingerprint density at radius 1 is 0.351 bits per heavy atom. The van der Waals surface area contributed by atoms with Gasteiger partial charge in [-0.15, -0.1) is 0 Å². The Bertz CT molecular complexity index is 3430. The van der Waals surface area contributed by atoms with E-state index in [-0.39, 0.29) is 5.41 Å². The SMILES string of the molecule is CC1(C)c2ccccc2-c2c1ccc1c3cc(-c4ccc5c(c4)c4ccccc4n5-c4cccc(-c5ccccc5)c4)ccc3n(-c3ccc4ccccc4c3)c21. The van der Waals surface area contributed by atoms with Gasteiger partial charge in [-0.05, 0) is 104 Å². The van der Waals surface area contributed by atoms with E-state index in [9.17, 15) is 0 Å². The first kappa shape index (κ1) is 32.1. The second-order valence-electron chi connectivity index (χ2n) is 16.2. The first-order chi connectivity index (χ1) is 28.0. The summed E-state index contributed by atoms with van der Waals surface area (Å²) in [5, 5.41) is 7.55. The molecular weight excluding hydrogens is 689 g/mol. The molecule has 9 aromatic carbocycles. The number of nitrogens with zero attached hydrogens (tertiary/aromatic N) is 2. The van der Waals surface area contributed by atoms with Gasteiger partial charge in [0.1, 0.15) is 0 Å². The number of para-hydroxylation sites is 1. The molecule has 0 unspecified atom stereocenters. The summed E-state index contributed by atoms with van der Waals surface area (Å²) in [5.74, 6) is 0. The Kier molecular flexibility index (Phi) is 6.72. The van der Waals surface area contributed by atoms with Gasteiger partial charge in [-0.3, -0.25) is 0 Å². The lowest BCUT2D eigenvalue weighted by Crippen LogP contribution is -2.14. The second kappa shape index (κ2) is 11.9. The fraction of sp³-hybridized carbons (Fsp3) is 0.0545. The quantitative estimate of drug-likeness (QED) is 0.171. The van der Waals surface area contributed by atoms with E-state index in [2.05, 4.69) is 217 Å². The fourth-order valence-corrected chi connectivity index (χ4v) is 9.94. The summed E-state index contributed by atoms with van der Waals surface area (Å²) in [6.45, 7) is 4.75. The highest BCUT2D eigenvalue weighted by molar-refractivity contribution is 6.17. The van der Waals surface area contributed by atoms with Crippen molar-refractivity contribution in [2.24, 2.45) is 0 Å². The molecule has 57 heavy (non-hydrogen) atoms. The maximum atomic E-state index is 2.53. The number of hydrogen-bond acceptors (Lipinski definition) is 0. The van der Waals surface area contributed by atoms with Gasteiger partial charge in [-0.1, -0.05) is 153 Å². The minimum absolute atomic E-state index is 0.0899. The molecule has 2 heterocycles. The molecule has 0 saturated heterocycles. The summed E-state index contributed by atoms with van der Waals surface area (Å²) >= 11 is 0. The first-order valence-corrected chi connectivity index (χ1v) is 19.9. The molecule has 0 aliphatic heterocycles. The van der Waals surface area contributed by atoms with Crippen molar-refractivity contribution in [3.63, 3.8) is 0 Å². The minimum Gasteiger partial charge on any atom is -0.309 e. The van der Waals surface area contributed by atoms with Gasteiger partial charge in [0, 0.05) is 43.9 Å². The average molecular weight is 727 g/mol. The molecule has 0 atom stereocenters. The van der Waals surface area contributed by atoms with Crippen LogP contribution in [0.4, 0.5) is 0 Å². The fourth-order valence-electron chi connectivity index (χ4n) is 9.94. The van der Waals surface area contributed by atoms with E-state index in [4.69, 9.17) is 0 Å². The van der Waals surface area contributed by atoms with Crippen LogP contribution in [0.2, 0.25) is 0 Å². The van der Waals surface area contributed by atoms with Crippen LogP contribution in [0.3, 0.4) is 0 Å². The van der Waals surface area contributed by atoms with Crippen LogP contribution in [-0.4, -0.2) is 9.13 Å². The molecule has 0 N–H and O–H groups in total. The van der Waals surface area contributed by atoms with Crippen molar-refractivity contribution in [2.45, 2.75) is 19.3 Å². The largest absolute Gasteiger partial charge is 0.309 e. The van der Waals surface area contributed by atoms with E-state index in [1.165, 1.54) is 105 Å². The van der Waals surface area contributed by atoms with Gasteiger partial charge >= 0.3 is 0 Å². The Balaban J connectivity index is 1.08. The molecule has 0 bridgehead atoms. The van der Waals surface area contributed by atoms with E-state index in [1.807, 2.05) is 0 Å². The minimum atomic E-state index is -0.0899. The third kappa shape index (κ3) is 4.65. The van der Waals surface area contributed by atoms with Crippen molar-refractivity contribution in [3.8, 4) is 44.8 Å². The molecule has 0 fully saturated rings. The van der Waals surface area contributed by atoms with Crippen LogP contribution in [0.5, 0.6) is 0 Å². The Hall–Kier alpha value is -7.16. The van der Waals surface area contributed by atoms with Crippen molar-refractivity contribution in [1.82, 2.24) is 9.13 Å². The van der Waals surface area contributed by atoms with Crippen LogP contribution in [0.15, 0.2) is 194 Å². The third-order valence-corrected chi connectivity index (χ3v) is 12.7. The van der Waals surface area contributed by atoms with Crippen molar-refractivity contribution < 1.29 is 0 Å². The summed E-state index contributed by atoms with van der Waals surface area (Å²) in [6.07, 6.45) is 0. The first-order valence-electron chi connectivity index (χ1n) is 19.9. The van der Waals surface area contributed by atoms with Crippen molar-refractivity contribution in [3.05, 3.63) is 205 Å². The van der Waals surface area contributed by atoms with E-state index >= 15 is 0 Å². The molecule has 268 valence electrons. The normalized spacial score (nSPS) is 13.2. The molecule has 1 aliphatic rings. The number of fused-ring (bicyclic) bond motifs is 11. The molecule has 11 aromatic rings. The van der Waals surface area contributed by atoms with Crippen LogP contribution >= 0.6 is 0 Å². The van der Waals surface area contributed by atoms with E-state index in [0.29, 0.717) is 0 Å². The predicted molar refractivity (Wildman–Crippen MR) is 241 cm³/mol. The number of aromatic nitrogens is 2. The molecule has 2 nitrogen and oxygen atoms in total. The maximum Gasteiger partial charge on any atom is 0.0622 e. The van der Waals surface area contributed by atoms with Crippen LogP contribution in [0, 0.1) is 0 Å². The monoisotopic (exact) mass is 726 g/mol. The second-order valence-corrected chi connectivity index (χ2v) is 16.2. The number of benzene rings is 9. The lowest BCUT2D eigenvalue weighted by molar-refractivity contribution is 0.661. The molecule has 1 aliphatic carbocycles. The van der Waals surface area contributed by atoms with E-state index in [1.54, 1.807) is 0 Å². The zero-order valence-electron chi connectivity index (χ0n) is 31.9. The Labute approximate surface area is 331 Å². The standard InChI is InChI=1S/C55H38N2/c1-55(2)48-21-10-8-20-45(48)53-49(55)28-27-44-47-34-40(25-30-52(47)57(54(44)53)42-26-23-36-15-6-7-16-37(36)32-42)39-24-29-51-46(33-39)43-19-9-11-22-50(43)56(51)41-18-12-17-38(31-41)35-13-4-3-5-14-35/h3-34H,1-2H3. The Morgan fingerprint density at radius 2 is 0.982 bits per heavy atom. The smallest absolute Gasteiger partial charge is 0.0622 e. The van der Waals surface area contributed by atoms with Gasteiger partial charge in [0.2, 0.25) is 0 Å². The van der Waals surface area contributed by atoms with Crippen molar-refractivity contribution >= 4 is 54.4 Å². The van der Waals surface area contributed by atoms with Crippen molar-refractivity contribution in [1.29, 1.82) is 0 Å².